The fraction of sp³-hybridized carbons (Fsp3) is 0.235. The average Bonchev–Trinajstić information content (AvgIpc) is 2.48. The summed E-state index contributed by atoms with van der Waals surface area (Å²) in [6.07, 6.45) is 1.06. The number of ketones is 1. The van der Waals surface area contributed by atoms with Gasteiger partial charge in [0.1, 0.15) is 0 Å². The third kappa shape index (κ3) is 3.69. The summed E-state index contributed by atoms with van der Waals surface area (Å²) >= 11 is 6.04. The molecular formula is C17H18ClNO. The Hall–Kier alpha value is -1.64. The molecule has 2 aromatic rings. The maximum Gasteiger partial charge on any atom is 0.162 e. The van der Waals surface area contributed by atoms with Crippen LogP contribution in [0.25, 0.3) is 0 Å². The lowest BCUT2D eigenvalue weighted by Gasteiger charge is -2.11. The predicted molar refractivity (Wildman–Crippen MR) is 83.1 cm³/mol. The molecule has 0 bridgehead atoms. The van der Waals surface area contributed by atoms with E-state index in [9.17, 15) is 4.79 Å². The van der Waals surface area contributed by atoms with E-state index in [4.69, 9.17) is 17.3 Å². The number of nitrogens with two attached hydrogens (primary N) is 1. The molecule has 0 saturated heterocycles. The zero-order valence-electron chi connectivity index (χ0n) is 11.5. The van der Waals surface area contributed by atoms with Crippen LogP contribution in [0, 0.1) is 6.92 Å². The van der Waals surface area contributed by atoms with Gasteiger partial charge in [-0.3, -0.25) is 4.79 Å². The van der Waals surface area contributed by atoms with E-state index >= 15 is 0 Å². The van der Waals surface area contributed by atoms with Crippen molar-refractivity contribution >= 4 is 17.4 Å². The van der Waals surface area contributed by atoms with Crippen LogP contribution in [0.2, 0.25) is 5.02 Å². The molecule has 0 spiro atoms. The Morgan fingerprint density at radius 3 is 2.55 bits per heavy atom. The zero-order chi connectivity index (χ0) is 14.5. The molecule has 0 saturated carbocycles. The molecule has 2 rings (SSSR count). The van der Waals surface area contributed by atoms with E-state index in [1.807, 2.05) is 49.4 Å². The smallest absolute Gasteiger partial charge is 0.162 e. The van der Waals surface area contributed by atoms with Crippen molar-refractivity contribution in [2.45, 2.75) is 25.8 Å². The van der Waals surface area contributed by atoms with E-state index in [1.54, 1.807) is 6.07 Å². The van der Waals surface area contributed by atoms with Crippen molar-refractivity contribution in [3.05, 3.63) is 70.2 Å². The quantitative estimate of drug-likeness (QED) is 0.833. The molecule has 3 heteroatoms. The Morgan fingerprint density at radius 1 is 1.20 bits per heavy atom. The molecule has 20 heavy (non-hydrogen) atoms. The average molecular weight is 288 g/mol. The molecule has 0 amide bonds. The number of carbonyl (C=O) groups excluding carboxylic acids is 1. The number of carbonyl (C=O) groups is 1. The largest absolute Gasteiger partial charge is 0.324 e. The van der Waals surface area contributed by atoms with Crippen molar-refractivity contribution in [2.24, 2.45) is 5.73 Å². The van der Waals surface area contributed by atoms with E-state index in [2.05, 4.69) is 0 Å². The molecule has 0 aromatic heterocycles. The van der Waals surface area contributed by atoms with Crippen molar-refractivity contribution in [2.75, 3.05) is 0 Å². The number of hydrogen-bond acceptors (Lipinski definition) is 2. The van der Waals surface area contributed by atoms with Crippen molar-refractivity contribution < 1.29 is 4.79 Å². The van der Waals surface area contributed by atoms with Crippen LogP contribution in [0.5, 0.6) is 0 Å². The van der Waals surface area contributed by atoms with E-state index in [0.717, 1.165) is 11.1 Å². The molecule has 0 aliphatic heterocycles. The van der Waals surface area contributed by atoms with E-state index in [0.29, 0.717) is 23.4 Å². The van der Waals surface area contributed by atoms with E-state index in [-0.39, 0.29) is 11.8 Å². The number of rotatable bonds is 5. The topological polar surface area (TPSA) is 43.1 Å². The summed E-state index contributed by atoms with van der Waals surface area (Å²) in [6, 6.07) is 15.1. The van der Waals surface area contributed by atoms with Gasteiger partial charge < -0.3 is 5.73 Å². The van der Waals surface area contributed by atoms with Gasteiger partial charge in [-0.25, -0.2) is 0 Å². The maximum absolute atomic E-state index is 12.1. The van der Waals surface area contributed by atoms with Gasteiger partial charge in [0.15, 0.2) is 5.78 Å². The summed E-state index contributed by atoms with van der Waals surface area (Å²) in [5.74, 6) is 0.0817. The van der Waals surface area contributed by atoms with Crippen molar-refractivity contribution in [1.29, 1.82) is 0 Å². The highest BCUT2D eigenvalue weighted by molar-refractivity contribution is 6.31. The second-order valence-corrected chi connectivity index (χ2v) is 5.35. The first-order valence-electron chi connectivity index (χ1n) is 6.68. The Morgan fingerprint density at radius 2 is 1.90 bits per heavy atom. The van der Waals surface area contributed by atoms with Crippen LogP contribution < -0.4 is 5.73 Å². The summed E-state index contributed by atoms with van der Waals surface area (Å²) < 4.78 is 0. The lowest BCUT2D eigenvalue weighted by molar-refractivity contribution is 0.0977. The third-order valence-corrected chi connectivity index (χ3v) is 3.81. The van der Waals surface area contributed by atoms with E-state index < -0.39 is 0 Å². The first-order valence-corrected chi connectivity index (χ1v) is 7.05. The molecule has 0 aliphatic carbocycles. The normalized spacial score (nSPS) is 12.2. The third-order valence-electron chi connectivity index (χ3n) is 3.40. The fourth-order valence-electron chi connectivity index (χ4n) is 2.06. The summed E-state index contributed by atoms with van der Waals surface area (Å²) in [7, 11) is 0. The Kier molecular flexibility index (Phi) is 4.94. The number of halogens is 1. The first kappa shape index (κ1) is 14.8. The van der Waals surface area contributed by atoms with Crippen LogP contribution in [-0.4, -0.2) is 5.78 Å². The second-order valence-electron chi connectivity index (χ2n) is 4.94. The molecule has 0 aliphatic rings. The Balaban J connectivity index is 1.97. The first-order chi connectivity index (χ1) is 9.58. The van der Waals surface area contributed by atoms with Crippen molar-refractivity contribution in [3.63, 3.8) is 0 Å². The zero-order valence-corrected chi connectivity index (χ0v) is 12.2. The van der Waals surface area contributed by atoms with Gasteiger partial charge in [0.2, 0.25) is 0 Å². The van der Waals surface area contributed by atoms with Gasteiger partial charge in [-0.05, 0) is 30.5 Å². The highest BCUT2D eigenvalue weighted by atomic mass is 35.5. The lowest BCUT2D eigenvalue weighted by atomic mass is 9.98. The van der Waals surface area contributed by atoms with Crippen LogP contribution in [0.3, 0.4) is 0 Å². The molecular weight excluding hydrogens is 270 g/mol. The van der Waals surface area contributed by atoms with Crippen molar-refractivity contribution in [3.8, 4) is 0 Å². The Labute approximate surface area is 124 Å². The molecule has 104 valence electrons. The highest BCUT2D eigenvalue weighted by Crippen LogP contribution is 2.20. The molecule has 0 fully saturated rings. The van der Waals surface area contributed by atoms with Gasteiger partial charge in [0.25, 0.3) is 0 Å². The van der Waals surface area contributed by atoms with Crippen LogP contribution in [0.1, 0.15) is 40.4 Å². The Bertz CT molecular complexity index is 595. The SMILES string of the molecule is Cc1ccc(C(=O)CCC(N)c2ccccc2)cc1Cl. The van der Waals surface area contributed by atoms with Crippen LogP contribution in [0.15, 0.2) is 48.5 Å². The minimum absolute atomic E-state index is 0.0817. The maximum atomic E-state index is 12.1. The molecule has 2 nitrogen and oxygen atoms in total. The summed E-state index contributed by atoms with van der Waals surface area (Å²) in [5, 5.41) is 0.628. The number of Topliss-reactive ketones (excluding diaryl/α,β-unsaturated/α-hetero) is 1. The van der Waals surface area contributed by atoms with Gasteiger partial charge in [-0.2, -0.15) is 0 Å². The lowest BCUT2D eigenvalue weighted by Crippen LogP contribution is -2.12. The fourth-order valence-corrected chi connectivity index (χ4v) is 2.24. The van der Waals surface area contributed by atoms with Crippen LogP contribution in [-0.2, 0) is 0 Å². The van der Waals surface area contributed by atoms with Crippen molar-refractivity contribution in [1.82, 2.24) is 0 Å². The number of aryl methyl sites for hydroxylation is 1. The minimum atomic E-state index is -0.110. The molecule has 0 heterocycles. The molecule has 1 unspecified atom stereocenters. The van der Waals surface area contributed by atoms with Gasteiger partial charge >= 0.3 is 0 Å². The van der Waals surface area contributed by atoms with E-state index in [1.165, 1.54) is 0 Å². The molecule has 1 atom stereocenters. The number of benzene rings is 2. The summed E-state index contributed by atoms with van der Waals surface area (Å²) in [5.41, 5.74) is 8.78. The molecule has 0 radical (unpaired) electrons. The van der Waals surface area contributed by atoms with Gasteiger partial charge in [-0.15, -0.1) is 0 Å². The van der Waals surface area contributed by atoms with Crippen LogP contribution >= 0.6 is 11.6 Å². The molecule has 2 N–H and O–H groups in total. The van der Waals surface area contributed by atoms with Crippen LogP contribution in [0.4, 0.5) is 0 Å². The second kappa shape index (κ2) is 6.69. The summed E-state index contributed by atoms with van der Waals surface area (Å²) in [6.45, 7) is 1.92. The van der Waals surface area contributed by atoms with Gasteiger partial charge in [-0.1, -0.05) is 54.1 Å². The van der Waals surface area contributed by atoms with Gasteiger partial charge in [0, 0.05) is 23.0 Å². The number of hydrogen-bond donors (Lipinski definition) is 1. The standard InChI is InChI=1S/C17H18ClNO/c1-12-7-8-14(11-15(12)18)17(20)10-9-16(19)13-5-3-2-4-6-13/h2-8,11,16H,9-10,19H2,1H3. The minimum Gasteiger partial charge on any atom is -0.324 e. The molecule has 2 aromatic carbocycles. The van der Waals surface area contributed by atoms with Gasteiger partial charge in [0.05, 0.1) is 0 Å². The predicted octanol–water partition coefficient (Wildman–Crippen LogP) is 4.31. The highest BCUT2D eigenvalue weighted by Gasteiger charge is 2.11. The monoisotopic (exact) mass is 287 g/mol. The summed E-state index contributed by atoms with van der Waals surface area (Å²) in [4.78, 5) is 12.1.